The van der Waals surface area contributed by atoms with Crippen molar-refractivity contribution >= 4 is 10.8 Å². The van der Waals surface area contributed by atoms with Crippen molar-refractivity contribution in [3.8, 4) is 135 Å². The highest BCUT2D eigenvalue weighted by molar-refractivity contribution is 6.04. The van der Waals surface area contributed by atoms with Gasteiger partial charge in [0, 0.05) is 33.4 Å². The number of nitrogens with zero attached hydrogens (tertiary/aromatic N) is 4. The fourth-order valence-electron chi connectivity index (χ4n) is 11.0. The van der Waals surface area contributed by atoms with Crippen LogP contribution in [-0.4, -0.2) is 19.9 Å². The van der Waals surface area contributed by atoms with Crippen LogP contribution in [0, 0.1) is 0 Å². The van der Waals surface area contributed by atoms with E-state index in [4.69, 9.17) is 19.9 Å². The molecule has 0 saturated heterocycles. The van der Waals surface area contributed by atoms with Crippen LogP contribution in [0.1, 0.15) is 0 Å². The first-order valence-electron chi connectivity index (χ1n) is 27.8. The SMILES string of the molecule is c1ccc(-c2ccc(-c3ccc(-c4nc(-c5ccccc5)cc(-c5ccc(-c6cccc7c(-c8ccc(-c9cc(-c%10ccccc%10)nc(-c%10ccc(-c%11ccc(-c%12ccccc%12)cc%11)cc%10)n9)cc8)cccc67)cc5)n4)cc3)cc2)cc1. The maximum Gasteiger partial charge on any atom is 0.160 e. The van der Waals surface area contributed by atoms with Crippen molar-refractivity contribution in [3.63, 3.8) is 0 Å². The van der Waals surface area contributed by atoms with Crippen molar-refractivity contribution in [1.82, 2.24) is 19.9 Å². The van der Waals surface area contributed by atoms with Gasteiger partial charge >= 0.3 is 0 Å². The maximum absolute atomic E-state index is 5.21. The average molecular weight is 1050 g/mol. The molecule has 2 aromatic heterocycles. The molecule has 0 amide bonds. The summed E-state index contributed by atoms with van der Waals surface area (Å²) < 4.78 is 0. The highest BCUT2D eigenvalue weighted by Gasteiger charge is 2.16. The molecule has 2 heterocycles. The number of benzene rings is 12. The molecule has 0 bridgehead atoms. The largest absolute Gasteiger partial charge is 0.228 e. The molecular formula is C78H52N4. The van der Waals surface area contributed by atoms with Crippen molar-refractivity contribution in [3.05, 3.63) is 315 Å². The Morgan fingerprint density at radius 3 is 0.634 bits per heavy atom. The van der Waals surface area contributed by atoms with Crippen LogP contribution in [0.25, 0.3) is 145 Å². The quantitative estimate of drug-likeness (QED) is 0.122. The zero-order chi connectivity index (χ0) is 54.6. The third kappa shape index (κ3) is 10.2. The van der Waals surface area contributed by atoms with Gasteiger partial charge < -0.3 is 0 Å². The summed E-state index contributed by atoms with van der Waals surface area (Å²) in [5.74, 6) is 1.37. The molecule has 4 heteroatoms. The van der Waals surface area contributed by atoms with E-state index >= 15 is 0 Å². The molecule has 0 unspecified atom stereocenters. The lowest BCUT2D eigenvalue weighted by Gasteiger charge is -2.13. The number of hydrogen-bond acceptors (Lipinski definition) is 4. The van der Waals surface area contributed by atoms with E-state index in [-0.39, 0.29) is 0 Å². The summed E-state index contributed by atoms with van der Waals surface area (Å²) in [6.45, 7) is 0. The molecule has 0 aliphatic rings. The predicted octanol–water partition coefficient (Wildman–Crippen LogP) is 20.4. The zero-order valence-electron chi connectivity index (χ0n) is 44.8. The molecule has 0 aliphatic heterocycles. The Kier molecular flexibility index (Phi) is 13.3. The second-order valence-corrected chi connectivity index (χ2v) is 20.6. The third-order valence-corrected chi connectivity index (χ3v) is 15.4. The summed E-state index contributed by atoms with van der Waals surface area (Å²) >= 11 is 0. The number of rotatable bonds is 12. The van der Waals surface area contributed by atoms with Gasteiger partial charge in [0.25, 0.3) is 0 Å². The summed E-state index contributed by atoms with van der Waals surface area (Å²) in [4.78, 5) is 20.7. The van der Waals surface area contributed by atoms with Crippen LogP contribution in [0.3, 0.4) is 0 Å². The normalized spacial score (nSPS) is 11.2. The van der Waals surface area contributed by atoms with Gasteiger partial charge in [-0.2, -0.15) is 0 Å². The summed E-state index contributed by atoms with van der Waals surface area (Å²) in [6, 6.07) is 111. The van der Waals surface area contributed by atoms with Gasteiger partial charge in [-0.3, -0.25) is 0 Å². The van der Waals surface area contributed by atoms with Crippen LogP contribution in [0.15, 0.2) is 315 Å². The molecule has 14 rings (SSSR count). The van der Waals surface area contributed by atoms with Crippen molar-refractivity contribution in [2.45, 2.75) is 0 Å². The van der Waals surface area contributed by atoms with Crippen molar-refractivity contribution in [1.29, 1.82) is 0 Å². The highest BCUT2D eigenvalue weighted by Crippen LogP contribution is 2.38. The Morgan fingerprint density at radius 2 is 0.354 bits per heavy atom. The highest BCUT2D eigenvalue weighted by atomic mass is 14.9. The summed E-state index contributed by atoms with van der Waals surface area (Å²) in [5, 5.41) is 2.37. The van der Waals surface area contributed by atoms with Crippen LogP contribution in [-0.2, 0) is 0 Å². The van der Waals surface area contributed by atoms with E-state index in [0.29, 0.717) is 11.6 Å². The lowest BCUT2D eigenvalue weighted by Crippen LogP contribution is -1.96. The third-order valence-electron chi connectivity index (χ3n) is 15.4. The molecule has 82 heavy (non-hydrogen) atoms. The standard InChI is InChI=1S/C78H52N4/c1-5-15-53(16-6-1)55-27-31-57(32-28-55)59-35-47-67(48-36-59)77-79-73(63-19-9-3-10-20-63)51-75(81-77)65-43-39-61(40-44-65)69-23-13-26-72-70(24-14-25-71(69)72)62-41-45-66(46-42-62)76-52-74(64-21-11-4-12-22-64)80-78(82-76)68-49-37-60(38-50-68)58-33-29-56(30-34-58)54-17-7-2-8-18-54/h1-52H. The number of hydrogen-bond donors (Lipinski definition) is 0. The van der Waals surface area contributed by atoms with Gasteiger partial charge in [-0.05, 0) is 89.7 Å². The van der Waals surface area contributed by atoms with Crippen LogP contribution >= 0.6 is 0 Å². The van der Waals surface area contributed by atoms with Gasteiger partial charge in [-0.1, -0.05) is 303 Å². The fraction of sp³-hybridized carbons (Fsp3) is 0. The summed E-state index contributed by atoms with van der Waals surface area (Å²) in [5.41, 5.74) is 23.6. The maximum atomic E-state index is 5.21. The van der Waals surface area contributed by atoms with Crippen LogP contribution < -0.4 is 0 Å². The molecular weight excluding hydrogens is 993 g/mol. The minimum atomic E-state index is 0.683. The molecule has 384 valence electrons. The van der Waals surface area contributed by atoms with Crippen LogP contribution in [0.2, 0.25) is 0 Å². The first kappa shape index (κ1) is 49.4. The number of fused-ring (bicyclic) bond motifs is 1. The van der Waals surface area contributed by atoms with E-state index < -0.39 is 0 Å². The summed E-state index contributed by atoms with van der Waals surface area (Å²) in [7, 11) is 0. The minimum absolute atomic E-state index is 0.683. The molecule has 4 nitrogen and oxygen atoms in total. The second kappa shape index (κ2) is 22.1. The van der Waals surface area contributed by atoms with Crippen LogP contribution in [0.4, 0.5) is 0 Å². The molecule has 0 radical (unpaired) electrons. The Labute approximate surface area is 478 Å². The van der Waals surface area contributed by atoms with E-state index in [2.05, 4.69) is 291 Å². The van der Waals surface area contributed by atoms with Crippen molar-refractivity contribution < 1.29 is 0 Å². The van der Waals surface area contributed by atoms with E-state index in [0.717, 1.165) is 89.5 Å². The first-order valence-corrected chi connectivity index (χ1v) is 27.8. The van der Waals surface area contributed by atoms with Gasteiger partial charge in [0.15, 0.2) is 11.6 Å². The van der Waals surface area contributed by atoms with E-state index in [9.17, 15) is 0 Å². The van der Waals surface area contributed by atoms with Gasteiger partial charge in [0.05, 0.1) is 22.8 Å². The smallest absolute Gasteiger partial charge is 0.160 e. The monoisotopic (exact) mass is 1040 g/mol. The molecule has 0 saturated carbocycles. The Balaban J connectivity index is 0.735. The number of aromatic nitrogens is 4. The fourth-order valence-corrected chi connectivity index (χ4v) is 11.0. The van der Waals surface area contributed by atoms with Crippen molar-refractivity contribution in [2.24, 2.45) is 0 Å². The Bertz CT molecular complexity index is 4210. The second-order valence-electron chi connectivity index (χ2n) is 20.6. The molecule has 14 aromatic rings. The predicted molar refractivity (Wildman–Crippen MR) is 340 cm³/mol. The molecule has 0 N–H and O–H groups in total. The lowest BCUT2D eigenvalue weighted by atomic mass is 9.92. The van der Waals surface area contributed by atoms with Gasteiger partial charge in [-0.15, -0.1) is 0 Å². The molecule has 0 fully saturated rings. The Hall–Kier alpha value is -10.9. The van der Waals surface area contributed by atoms with E-state index in [1.807, 2.05) is 24.3 Å². The van der Waals surface area contributed by atoms with Gasteiger partial charge in [0.1, 0.15) is 0 Å². The van der Waals surface area contributed by atoms with E-state index in [1.165, 1.54) is 44.2 Å². The molecule has 0 atom stereocenters. The van der Waals surface area contributed by atoms with Gasteiger partial charge in [0.2, 0.25) is 0 Å². The van der Waals surface area contributed by atoms with Crippen LogP contribution in [0.5, 0.6) is 0 Å². The minimum Gasteiger partial charge on any atom is -0.228 e. The first-order chi connectivity index (χ1) is 40.6. The molecule has 0 spiro atoms. The average Bonchev–Trinajstić information content (AvgIpc) is 3.65. The van der Waals surface area contributed by atoms with Crippen molar-refractivity contribution in [2.75, 3.05) is 0 Å². The summed E-state index contributed by atoms with van der Waals surface area (Å²) in [6.07, 6.45) is 0. The van der Waals surface area contributed by atoms with E-state index in [1.54, 1.807) is 0 Å². The van der Waals surface area contributed by atoms with Gasteiger partial charge in [-0.25, -0.2) is 19.9 Å². The lowest BCUT2D eigenvalue weighted by molar-refractivity contribution is 1.18. The topological polar surface area (TPSA) is 51.6 Å². The Morgan fingerprint density at radius 1 is 0.146 bits per heavy atom. The zero-order valence-corrected chi connectivity index (χ0v) is 44.8. The molecule has 12 aromatic carbocycles. The molecule has 0 aliphatic carbocycles.